The van der Waals surface area contributed by atoms with Crippen molar-refractivity contribution >= 4 is 11.4 Å². The summed E-state index contributed by atoms with van der Waals surface area (Å²) >= 11 is 0. The smallest absolute Gasteiger partial charge is 0.0911 e. The first kappa shape index (κ1) is 19.2. The van der Waals surface area contributed by atoms with Crippen LogP contribution in [0.15, 0.2) is 121 Å². The van der Waals surface area contributed by atoms with Gasteiger partial charge in [-0.25, -0.2) is 0 Å². The summed E-state index contributed by atoms with van der Waals surface area (Å²) in [4.78, 5) is 5.02. The Hall–Kier alpha value is -3.78. The van der Waals surface area contributed by atoms with Gasteiger partial charge in [-0.15, -0.1) is 0 Å². The van der Waals surface area contributed by atoms with E-state index in [1.165, 1.54) is 33.6 Å². The molecule has 4 aromatic carbocycles. The van der Waals surface area contributed by atoms with E-state index in [1.54, 1.807) is 0 Å². The molecule has 0 N–H and O–H groups in total. The Morgan fingerprint density at radius 3 is 1.10 bits per heavy atom. The van der Waals surface area contributed by atoms with Crippen LogP contribution in [-0.2, 0) is 13.1 Å². The summed E-state index contributed by atoms with van der Waals surface area (Å²) in [5.41, 5.74) is 7.76. The second-order valence-corrected chi connectivity index (χ2v) is 7.94. The molecule has 0 unspecified atom stereocenters. The number of hydrogen-bond donors (Lipinski definition) is 0. The van der Waals surface area contributed by atoms with Gasteiger partial charge in [0.15, 0.2) is 0 Å². The molecule has 4 aromatic rings. The number of benzene rings is 4. The topological polar surface area (TPSA) is 6.48 Å². The summed E-state index contributed by atoms with van der Waals surface area (Å²) in [6.07, 6.45) is 0. The van der Waals surface area contributed by atoms with Crippen LogP contribution in [0.25, 0.3) is 11.4 Å². The second-order valence-electron chi connectivity index (χ2n) is 7.94. The second kappa shape index (κ2) is 8.93. The maximum absolute atomic E-state index is 2.51. The molecule has 0 fully saturated rings. The molecular formula is C29H26N2. The zero-order valence-electron chi connectivity index (χ0n) is 17.6. The molecule has 0 saturated carbocycles. The minimum Gasteiger partial charge on any atom is -0.347 e. The van der Waals surface area contributed by atoms with Crippen molar-refractivity contribution in [2.45, 2.75) is 13.1 Å². The molecule has 0 atom stereocenters. The van der Waals surface area contributed by atoms with Gasteiger partial charge < -0.3 is 9.80 Å². The van der Waals surface area contributed by atoms with E-state index in [1.807, 2.05) is 0 Å². The van der Waals surface area contributed by atoms with Crippen molar-refractivity contribution in [3.8, 4) is 0 Å². The summed E-state index contributed by atoms with van der Waals surface area (Å²) in [5.74, 6) is 0. The highest BCUT2D eigenvalue weighted by molar-refractivity contribution is 5.90. The highest BCUT2D eigenvalue weighted by atomic mass is 15.4. The van der Waals surface area contributed by atoms with E-state index < -0.39 is 0 Å². The van der Waals surface area contributed by atoms with Gasteiger partial charge in [0, 0.05) is 24.2 Å². The van der Waals surface area contributed by atoms with Gasteiger partial charge in [-0.2, -0.15) is 0 Å². The molecule has 0 spiro atoms. The average Bonchev–Trinajstić information content (AvgIpc) is 3.19. The molecule has 0 saturated heterocycles. The van der Waals surface area contributed by atoms with Crippen molar-refractivity contribution in [1.29, 1.82) is 0 Å². The van der Waals surface area contributed by atoms with Crippen LogP contribution in [0.5, 0.6) is 0 Å². The summed E-state index contributed by atoms with van der Waals surface area (Å²) < 4.78 is 0. The minimum absolute atomic E-state index is 0.859. The Morgan fingerprint density at radius 2 is 0.742 bits per heavy atom. The predicted octanol–water partition coefficient (Wildman–Crippen LogP) is 6.49. The van der Waals surface area contributed by atoms with E-state index in [2.05, 4.69) is 131 Å². The number of rotatable bonds is 6. The molecule has 31 heavy (non-hydrogen) atoms. The van der Waals surface area contributed by atoms with Gasteiger partial charge in [-0.3, -0.25) is 0 Å². The van der Waals surface area contributed by atoms with Crippen molar-refractivity contribution < 1.29 is 0 Å². The van der Waals surface area contributed by atoms with Gasteiger partial charge in [0.1, 0.15) is 0 Å². The molecular weight excluding hydrogens is 376 g/mol. The largest absolute Gasteiger partial charge is 0.347 e. The highest BCUT2D eigenvalue weighted by Crippen LogP contribution is 2.39. The monoisotopic (exact) mass is 402 g/mol. The van der Waals surface area contributed by atoms with Crippen LogP contribution < -0.4 is 0 Å². The first-order valence-corrected chi connectivity index (χ1v) is 10.8. The minimum atomic E-state index is 0.859. The fourth-order valence-corrected chi connectivity index (χ4v) is 4.34. The van der Waals surface area contributed by atoms with Crippen molar-refractivity contribution in [2.75, 3.05) is 6.67 Å². The molecule has 0 radical (unpaired) electrons. The summed E-state index contributed by atoms with van der Waals surface area (Å²) in [6, 6.07) is 43.1. The van der Waals surface area contributed by atoms with Gasteiger partial charge in [-0.1, -0.05) is 121 Å². The van der Waals surface area contributed by atoms with E-state index in [0.29, 0.717) is 0 Å². The lowest BCUT2D eigenvalue weighted by Crippen LogP contribution is -2.27. The lowest BCUT2D eigenvalue weighted by atomic mass is 10.0. The Balaban J connectivity index is 1.62. The van der Waals surface area contributed by atoms with E-state index in [-0.39, 0.29) is 0 Å². The third-order valence-electron chi connectivity index (χ3n) is 5.73. The molecule has 0 aromatic heterocycles. The summed E-state index contributed by atoms with van der Waals surface area (Å²) in [7, 11) is 0. The summed E-state index contributed by atoms with van der Waals surface area (Å²) in [6.45, 7) is 2.62. The Bertz CT molecular complexity index is 1040. The van der Waals surface area contributed by atoms with Gasteiger partial charge in [0.05, 0.1) is 18.1 Å². The predicted molar refractivity (Wildman–Crippen MR) is 129 cm³/mol. The Kier molecular flexibility index (Phi) is 5.53. The maximum Gasteiger partial charge on any atom is 0.0911 e. The van der Waals surface area contributed by atoms with E-state index in [9.17, 15) is 0 Å². The standard InChI is InChI=1S/C29H26N2/c1-5-13-24(14-6-1)21-30-23-31(22-25-15-7-2-8-16-25)29(27-19-11-4-12-20-27)28(30)26-17-9-3-10-18-26/h1-20H,21-23H2. The molecule has 2 heteroatoms. The van der Waals surface area contributed by atoms with Crippen LogP contribution in [0.4, 0.5) is 0 Å². The van der Waals surface area contributed by atoms with Crippen LogP contribution in [0, 0.1) is 0 Å². The van der Waals surface area contributed by atoms with Crippen molar-refractivity contribution in [2.24, 2.45) is 0 Å². The molecule has 1 aliphatic rings. The molecule has 5 rings (SSSR count). The third-order valence-corrected chi connectivity index (χ3v) is 5.73. The lowest BCUT2D eigenvalue weighted by molar-refractivity contribution is 0.269. The van der Waals surface area contributed by atoms with Crippen LogP contribution in [0.1, 0.15) is 22.3 Å². The van der Waals surface area contributed by atoms with Crippen LogP contribution >= 0.6 is 0 Å². The molecule has 1 aliphatic heterocycles. The van der Waals surface area contributed by atoms with Crippen molar-refractivity contribution in [1.82, 2.24) is 9.80 Å². The van der Waals surface area contributed by atoms with Gasteiger partial charge >= 0.3 is 0 Å². The van der Waals surface area contributed by atoms with E-state index in [0.717, 1.165) is 19.8 Å². The highest BCUT2D eigenvalue weighted by Gasteiger charge is 2.30. The molecule has 0 amide bonds. The zero-order valence-corrected chi connectivity index (χ0v) is 17.6. The number of hydrogen-bond acceptors (Lipinski definition) is 2. The lowest BCUT2D eigenvalue weighted by Gasteiger charge is -2.25. The molecule has 0 aliphatic carbocycles. The molecule has 0 bridgehead atoms. The van der Waals surface area contributed by atoms with Crippen molar-refractivity contribution in [3.05, 3.63) is 144 Å². The number of nitrogens with zero attached hydrogens (tertiary/aromatic N) is 2. The SMILES string of the molecule is c1ccc(CN2CN(Cc3ccccc3)C(c3ccccc3)=C2c2ccccc2)cc1. The molecule has 2 nitrogen and oxygen atoms in total. The normalized spacial score (nSPS) is 13.7. The van der Waals surface area contributed by atoms with Crippen LogP contribution in [0.2, 0.25) is 0 Å². The van der Waals surface area contributed by atoms with Gasteiger partial charge in [0.25, 0.3) is 0 Å². The molecule has 152 valence electrons. The van der Waals surface area contributed by atoms with Crippen molar-refractivity contribution in [3.63, 3.8) is 0 Å². The van der Waals surface area contributed by atoms with Crippen LogP contribution in [-0.4, -0.2) is 16.5 Å². The van der Waals surface area contributed by atoms with E-state index in [4.69, 9.17) is 0 Å². The Morgan fingerprint density at radius 1 is 0.419 bits per heavy atom. The first-order chi connectivity index (χ1) is 15.4. The summed E-state index contributed by atoms with van der Waals surface area (Å²) in [5, 5.41) is 0. The zero-order chi connectivity index (χ0) is 20.9. The quantitative estimate of drug-likeness (QED) is 0.364. The third kappa shape index (κ3) is 4.24. The fraction of sp³-hybridized carbons (Fsp3) is 0.103. The molecule has 1 heterocycles. The maximum atomic E-state index is 2.51. The fourth-order valence-electron chi connectivity index (χ4n) is 4.34. The first-order valence-electron chi connectivity index (χ1n) is 10.8. The average molecular weight is 403 g/mol. The van der Waals surface area contributed by atoms with E-state index >= 15 is 0 Å². The van der Waals surface area contributed by atoms with Crippen LogP contribution in [0.3, 0.4) is 0 Å². The van der Waals surface area contributed by atoms with Gasteiger partial charge in [-0.05, 0) is 11.1 Å². The Labute approximate surface area is 184 Å². The van der Waals surface area contributed by atoms with Gasteiger partial charge in [0.2, 0.25) is 0 Å².